The summed E-state index contributed by atoms with van der Waals surface area (Å²) in [5.74, 6) is 0.802. The summed E-state index contributed by atoms with van der Waals surface area (Å²) in [7, 11) is 1.88. The minimum Gasteiger partial charge on any atom is -0.341 e. The lowest BCUT2D eigenvalue weighted by molar-refractivity contribution is -0.384. The van der Waals surface area contributed by atoms with Gasteiger partial charge in [0.1, 0.15) is 11.9 Å². The van der Waals surface area contributed by atoms with Crippen molar-refractivity contribution in [3.63, 3.8) is 0 Å². The maximum absolute atomic E-state index is 12.5. The number of nitrogens with zero attached hydrogens (tertiary/aromatic N) is 3. The molecule has 1 atom stereocenters. The normalized spacial score (nSPS) is 11.7. The molecule has 1 unspecified atom stereocenters. The molecule has 0 radical (unpaired) electrons. The molecule has 0 aliphatic carbocycles. The molecule has 27 heavy (non-hydrogen) atoms. The van der Waals surface area contributed by atoms with Crippen LogP contribution in [-0.2, 0) is 11.8 Å². The molecule has 1 aromatic heterocycles. The van der Waals surface area contributed by atoms with Gasteiger partial charge >= 0.3 is 0 Å². The minimum atomic E-state index is -0.446. The number of amides is 1. The average molecular weight is 382 g/mol. The zero-order valence-electron chi connectivity index (χ0n) is 14.6. The van der Waals surface area contributed by atoms with Gasteiger partial charge in [-0.15, -0.1) is 11.8 Å². The molecule has 0 bridgehead atoms. The largest absolute Gasteiger partial charge is 0.341 e. The molecule has 0 aliphatic heterocycles. The highest BCUT2D eigenvalue weighted by atomic mass is 32.2. The SMILES string of the molecule is Cn1ccnc1C(NC(=O)CSc1ccc([N+](=O)[O-])cc1)c1ccccc1. The first-order chi connectivity index (χ1) is 13.0. The highest BCUT2D eigenvalue weighted by Crippen LogP contribution is 2.23. The number of carbonyl (C=O) groups is 1. The number of hydrogen-bond donors (Lipinski definition) is 1. The zero-order valence-corrected chi connectivity index (χ0v) is 15.4. The highest BCUT2D eigenvalue weighted by Gasteiger charge is 2.20. The van der Waals surface area contributed by atoms with Crippen LogP contribution in [0.25, 0.3) is 0 Å². The van der Waals surface area contributed by atoms with E-state index in [4.69, 9.17) is 0 Å². The van der Waals surface area contributed by atoms with Gasteiger partial charge in [-0.3, -0.25) is 14.9 Å². The molecule has 1 N–H and O–H groups in total. The van der Waals surface area contributed by atoms with E-state index in [1.54, 1.807) is 18.3 Å². The number of aryl methyl sites for hydroxylation is 1. The highest BCUT2D eigenvalue weighted by molar-refractivity contribution is 8.00. The van der Waals surface area contributed by atoms with E-state index in [-0.39, 0.29) is 23.4 Å². The van der Waals surface area contributed by atoms with Gasteiger partial charge in [-0.2, -0.15) is 0 Å². The van der Waals surface area contributed by atoms with Crippen LogP contribution in [0.4, 0.5) is 5.69 Å². The smallest absolute Gasteiger partial charge is 0.269 e. The second kappa shape index (κ2) is 8.50. The molecule has 1 heterocycles. The van der Waals surface area contributed by atoms with Crippen LogP contribution in [0.2, 0.25) is 0 Å². The van der Waals surface area contributed by atoms with E-state index < -0.39 is 4.92 Å². The van der Waals surface area contributed by atoms with Crippen molar-refractivity contribution in [3.05, 3.63) is 88.5 Å². The van der Waals surface area contributed by atoms with Gasteiger partial charge in [0.15, 0.2) is 0 Å². The second-order valence-corrected chi connectivity index (χ2v) is 6.90. The Bertz CT molecular complexity index is 926. The number of benzene rings is 2. The van der Waals surface area contributed by atoms with Gasteiger partial charge in [0.05, 0.1) is 10.7 Å². The third-order valence-electron chi connectivity index (χ3n) is 3.97. The summed E-state index contributed by atoms with van der Waals surface area (Å²) in [4.78, 5) is 27.9. The predicted octanol–water partition coefficient (Wildman–Crippen LogP) is 3.33. The summed E-state index contributed by atoms with van der Waals surface area (Å²) in [5, 5.41) is 13.7. The fraction of sp³-hybridized carbons (Fsp3) is 0.158. The van der Waals surface area contributed by atoms with Crippen LogP contribution in [0, 0.1) is 10.1 Å². The van der Waals surface area contributed by atoms with Gasteiger partial charge < -0.3 is 9.88 Å². The second-order valence-electron chi connectivity index (χ2n) is 5.85. The van der Waals surface area contributed by atoms with Crippen molar-refractivity contribution in [2.24, 2.45) is 7.05 Å². The molecule has 7 nitrogen and oxygen atoms in total. The average Bonchev–Trinajstić information content (AvgIpc) is 3.11. The number of hydrogen-bond acceptors (Lipinski definition) is 5. The van der Waals surface area contributed by atoms with Gasteiger partial charge in [0, 0.05) is 36.5 Å². The lowest BCUT2D eigenvalue weighted by Gasteiger charge is -2.19. The Labute approximate surface area is 160 Å². The van der Waals surface area contributed by atoms with Crippen LogP contribution in [0.1, 0.15) is 17.4 Å². The first kappa shape index (κ1) is 18.7. The molecule has 2 aromatic carbocycles. The summed E-state index contributed by atoms with van der Waals surface area (Å²) in [5.41, 5.74) is 0.975. The number of thioether (sulfide) groups is 1. The Morgan fingerprint density at radius 3 is 2.52 bits per heavy atom. The molecule has 3 aromatic rings. The molecule has 0 fully saturated rings. The molecule has 138 valence electrons. The fourth-order valence-corrected chi connectivity index (χ4v) is 3.32. The fourth-order valence-electron chi connectivity index (χ4n) is 2.61. The van der Waals surface area contributed by atoms with Gasteiger partial charge in [-0.1, -0.05) is 30.3 Å². The van der Waals surface area contributed by atoms with Crippen molar-refractivity contribution in [2.75, 3.05) is 5.75 Å². The third kappa shape index (κ3) is 4.73. The van der Waals surface area contributed by atoms with E-state index in [2.05, 4.69) is 10.3 Å². The zero-order chi connectivity index (χ0) is 19.2. The molecule has 3 rings (SSSR count). The summed E-state index contributed by atoms with van der Waals surface area (Å²) >= 11 is 1.33. The van der Waals surface area contributed by atoms with Gasteiger partial charge in [0.2, 0.25) is 5.91 Å². The Kier molecular flexibility index (Phi) is 5.87. The lowest BCUT2D eigenvalue weighted by atomic mass is 10.1. The number of nitrogens with one attached hydrogen (secondary N) is 1. The first-order valence-corrected chi connectivity index (χ1v) is 9.22. The Morgan fingerprint density at radius 2 is 1.93 bits per heavy atom. The summed E-state index contributed by atoms with van der Waals surface area (Å²) in [6.45, 7) is 0. The van der Waals surface area contributed by atoms with E-state index in [1.807, 2.05) is 48.1 Å². The number of imidazole rings is 1. The summed E-state index contributed by atoms with van der Waals surface area (Å²) in [6, 6.07) is 15.5. The number of carbonyl (C=O) groups excluding carboxylic acids is 1. The van der Waals surface area contributed by atoms with E-state index in [1.165, 1.54) is 23.9 Å². The quantitative estimate of drug-likeness (QED) is 0.385. The number of nitro benzene ring substituents is 1. The lowest BCUT2D eigenvalue weighted by Crippen LogP contribution is -2.32. The van der Waals surface area contributed by atoms with Crippen LogP contribution in [0.5, 0.6) is 0 Å². The Hall–Kier alpha value is -3.13. The van der Waals surface area contributed by atoms with Crippen LogP contribution in [0.15, 0.2) is 71.9 Å². The third-order valence-corrected chi connectivity index (χ3v) is 4.98. The predicted molar refractivity (Wildman–Crippen MR) is 103 cm³/mol. The standard InChI is InChI=1S/C19H18N4O3S/c1-22-12-11-20-19(22)18(14-5-3-2-4-6-14)21-17(24)13-27-16-9-7-15(8-10-16)23(25)26/h2-12,18H,13H2,1H3,(H,21,24). The van der Waals surface area contributed by atoms with E-state index >= 15 is 0 Å². The minimum absolute atomic E-state index is 0.0303. The van der Waals surface area contributed by atoms with Crippen molar-refractivity contribution in [1.29, 1.82) is 0 Å². The maximum atomic E-state index is 12.5. The van der Waals surface area contributed by atoms with Crippen molar-refractivity contribution >= 4 is 23.4 Å². The van der Waals surface area contributed by atoms with Gasteiger partial charge in [-0.05, 0) is 17.7 Å². The number of non-ortho nitro benzene ring substituents is 1. The first-order valence-electron chi connectivity index (χ1n) is 8.23. The summed E-state index contributed by atoms with van der Waals surface area (Å²) < 4.78 is 1.88. The molecule has 8 heteroatoms. The number of rotatable bonds is 7. The van der Waals surface area contributed by atoms with Crippen LogP contribution in [-0.4, -0.2) is 26.1 Å². The maximum Gasteiger partial charge on any atom is 0.269 e. The molecule has 0 aliphatic rings. The van der Waals surface area contributed by atoms with E-state index in [0.29, 0.717) is 0 Å². The van der Waals surface area contributed by atoms with Crippen molar-refractivity contribution in [1.82, 2.24) is 14.9 Å². The van der Waals surface area contributed by atoms with Crippen LogP contribution in [0.3, 0.4) is 0 Å². The van der Waals surface area contributed by atoms with Gasteiger partial charge in [-0.25, -0.2) is 4.98 Å². The van der Waals surface area contributed by atoms with Crippen LogP contribution < -0.4 is 5.32 Å². The number of aromatic nitrogens is 2. The van der Waals surface area contributed by atoms with Crippen molar-refractivity contribution in [3.8, 4) is 0 Å². The van der Waals surface area contributed by atoms with Gasteiger partial charge in [0.25, 0.3) is 5.69 Å². The van der Waals surface area contributed by atoms with Crippen molar-refractivity contribution in [2.45, 2.75) is 10.9 Å². The monoisotopic (exact) mass is 382 g/mol. The van der Waals surface area contributed by atoms with E-state index in [9.17, 15) is 14.9 Å². The molecule has 0 spiro atoms. The number of nitro groups is 1. The molecular weight excluding hydrogens is 364 g/mol. The van der Waals surface area contributed by atoms with E-state index in [0.717, 1.165) is 16.3 Å². The molecule has 1 amide bonds. The Morgan fingerprint density at radius 1 is 1.22 bits per heavy atom. The van der Waals surface area contributed by atoms with Crippen LogP contribution >= 0.6 is 11.8 Å². The topological polar surface area (TPSA) is 90.1 Å². The Balaban J connectivity index is 1.68. The molecule has 0 saturated carbocycles. The summed E-state index contributed by atoms with van der Waals surface area (Å²) in [6.07, 6.45) is 3.53. The van der Waals surface area contributed by atoms with Crippen molar-refractivity contribution < 1.29 is 9.72 Å². The molecular formula is C19H18N4O3S. The molecule has 0 saturated heterocycles.